The van der Waals surface area contributed by atoms with E-state index in [4.69, 9.17) is 5.26 Å². The van der Waals surface area contributed by atoms with Crippen molar-refractivity contribution in [3.05, 3.63) is 58.7 Å². The molecule has 1 heterocycles. The van der Waals surface area contributed by atoms with Crippen molar-refractivity contribution in [3.8, 4) is 6.07 Å². The van der Waals surface area contributed by atoms with Gasteiger partial charge in [-0.3, -0.25) is 4.98 Å². The highest BCUT2D eigenvalue weighted by atomic mass is 19.1. The van der Waals surface area contributed by atoms with Gasteiger partial charge in [0.1, 0.15) is 11.9 Å². The molecule has 0 unspecified atom stereocenters. The highest BCUT2D eigenvalue weighted by molar-refractivity contribution is 5.90. The fraction of sp³-hybridized carbons (Fsp3) is 0.188. The number of nitrogens with zero attached hydrogens (tertiary/aromatic N) is 2. The van der Waals surface area contributed by atoms with Crippen molar-refractivity contribution in [2.75, 3.05) is 12.4 Å². The zero-order chi connectivity index (χ0) is 16.1. The number of pyridine rings is 1. The summed E-state index contributed by atoms with van der Waals surface area (Å²) in [4.78, 5) is 15.4. The van der Waals surface area contributed by atoms with Gasteiger partial charge in [-0.15, -0.1) is 0 Å². The molecule has 0 saturated heterocycles. The Kier molecular flexibility index (Phi) is 4.69. The van der Waals surface area contributed by atoms with Gasteiger partial charge in [0.05, 0.1) is 18.2 Å². The molecule has 0 atom stereocenters. The maximum atomic E-state index is 13.9. The third-order valence-electron chi connectivity index (χ3n) is 3.13. The highest BCUT2D eigenvalue weighted by Gasteiger charge is 2.14. The predicted molar refractivity (Wildman–Crippen MR) is 78.8 cm³/mol. The lowest BCUT2D eigenvalue weighted by Gasteiger charge is -2.11. The Bertz CT molecular complexity index is 754. The third-order valence-corrected chi connectivity index (χ3v) is 3.13. The van der Waals surface area contributed by atoms with Gasteiger partial charge in [-0.05, 0) is 36.2 Å². The molecule has 2 aromatic rings. The first-order chi connectivity index (χ1) is 10.5. The smallest absolute Gasteiger partial charge is 0.340 e. The first-order valence-electron chi connectivity index (χ1n) is 6.51. The molecule has 6 heteroatoms. The van der Waals surface area contributed by atoms with Crippen LogP contribution in [-0.2, 0) is 11.3 Å². The molecule has 1 N–H and O–H groups in total. The number of esters is 1. The van der Waals surface area contributed by atoms with Crippen LogP contribution in [0.2, 0.25) is 0 Å². The predicted octanol–water partition coefficient (Wildman–Crippen LogP) is 2.80. The molecular weight excluding hydrogens is 285 g/mol. The van der Waals surface area contributed by atoms with E-state index in [1.165, 1.54) is 25.4 Å². The fourth-order valence-electron chi connectivity index (χ4n) is 1.98. The van der Waals surface area contributed by atoms with E-state index in [0.29, 0.717) is 23.4 Å². The summed E-state index contributed by atoms with van der Waals surface area (Å²) < 4.78 is 18.4. The van der Waals surface area contributed by atoms with Gasteiger partial charge in [0, 0.05) is 24.6 Å². The van der Waals surface area contributed by atoms with E-state index in [1.54, 1.807) is 19.2 Å². The van der Waals surface area contributed by atoms with Crippen LogP contribution in [0, 0.1) is 24.1 Å². The molecule has 0 aliphatic rings. The summed E-state index contributed by atoms with van der Waals surface area (Å²) in [6.45, 7) is 2.15. The molecule has 0 amide bonds. The largest absolute Gasteiger partial charge is 0.465 e. The first kappa shape index (κ1) is 15.4. The van der Waals surface area contributed by atoms with Crippen LogP contribution < -0.4 is 5.32 Å². The summed E-state index contributed by atoms with van der Waals surface area (Å²) in [6, 6.07) is 6.40. The number of carbonyl (C=O) groups is 1. The Labute approximate surface area is 127 Å². The number of nitrogens with one attached hydrogen (secondary N) is 1. The van der Waals surface area contributed by atoms with E-state index in [2.05, 4.69) is 15.0 Å². The maximum Gasteiger partial charge on any atom is 0.340 e. The molecule has 1 aromatic heterocycles. The fourth-order valence-corrected chi connectivity index (χ4v) is 1.98. The van der Waals surface area contributed by atoms with Gasteiger partial charge >= 0.3 is 5.97 Å². The number of halogens is 1. The molecule has 0 bridgehead atoms. The Morgan fingerprint density at radius 2 is 2.18 bits per heavy atom. The molecule has 112 valence electrons. The van der Waals surface area contributed by atoms with Crippen molar-refractivity contribution in [2.45, 2.75) is 13.5 Å². The van der Waals surface area contributed by atoms with E-state index in [9.17, 15) is 9.18 Å². The van der Waals surface area contributed by atoms with Crippen molar-refractivity contribution in [1.82, 2.24) is 4.98 Å². The first-order valence-corrected chi connectivity index (χ1v) is 6.51. The average Bonchev–Trinajstić information content (AvgIpc) is 2.54. The Hall–Kier alpha value is -2.94. The van der Waals surface area contributed by atoms with Gasteiger partial charge in [-0.1, -0.05) is 0 Å². The number of methoxy groups -OCH3 is 1. The quantitative estimate of drug-likeness (QED) is 0.879. The average molecular weight is 299 g/mol. The number of aromatic nitrogens is 1. The summed E-state index contributed by atoms with van der Waals surface area (Å²) in [5.74, 6) is -1.36. The zero-order valence-electron chi connectivity index (χ0n) is 12.2. The molecule has 0 saturated carbocycles. The van der Waals surface area contributed by atoms with Crippen LogP contribution in [0.4, 0.5) is 10.1 Å². The van der Waals surface area contributed by atoms with Gasteiger partial charge in [0.25, 0.3) is 0 Å². The van der Waals surface area contributed by atoms with E-state index in [-0.39, 0.29) is 5.56 Å². The number of anilines is 1. The Balaban J connectivity index is 2.18. The number of hydrogen-bond acceptors (Lipinski definition) is 5. The molecule has 0 spiro atoms. The minimum Gasteiger partial charge on any atom is -0.465 e. The SMILES string of the molecule is COC(=O)c1cc(C)c(NCc2cncc(C#N)c2)cc1F. The van der Waals surface area contributed by atoms with Crippen molar-refractivity contribution in [2.24, 2.45) is 0 Å². The second-order valence-electron chi connectivity index (χ2n) is 4.69. The van der Waals surface area contributed by atoms with Crippen molar-refractivity contribution >= 4 is 11.7 Å². The molecule has 2 rings (SSSR count). The molecule has 0 radical (unpaired) electrons. The number of nitriles is 1. The van der Waals surface area contributed by atoms with Crippen molar-refractivity contribution in [3.63, 3.8) is 0 Å². The lowest BCUT2D eigenvalue weighted by atomic mass is 10.1. The van der Waals surface area contributed by atoms with E-state index in [1.807, 2.05) is 6.07 Å². The second-order valence-corrected chi connectivity index (χ2v) is 4.69. The van der Waals surface area contributed by atoms with Gasteiger partial charge in [0.15, 0.2) is 0 Å². The van der Waals surface area contributed by atoms with Crippen LogP contribution in [0.15, 0.2) is 30.6 Å². The number of benzene rings is 1. The van der Waals surface area contributed by atoms with Crippen molar-refractivity contribution in [1.29, 1.82) is 5.26 Å². The summed E-state index contributed by atoms with van der Waals surface area (Å²) >= 11 is 0. The number of ether oxygens (including phenoxy) is 1. The lowest BCUT2D eigenvalue weighted by Crippen LogP contribution is -2.08. The van der Waals surface area contributed by atoms with Crippen LogP contribution in [0.1, 0.15) is 27.0 Å². The Morgan fingerprint density at radius 1 is 1.41 bits per heavy atom. The number of hydrogen-bond donors (Lipinski definition) is 1. The number of rotatable bonds is 4. The van der Waals surface area contributed by atoms with Gasteiger partial charge < -0.3 is 10.1 Å². The van der Waals surface area contributed by atoms with Crippen LogP contribution in [0.25, 0.3) is 0 Å². The van der Waals surface area contributed by atoms with Gasteiger partial charge in [0.2, 0.25) is 0 Å². The van der Waals surface area contributed by atoms with Crippen molar-refractivity contribution < 1.29 is 13.9 Å². The summed E-state index contributed by atoms with van der Waals surface area (Å²) in [5, 5.41) is 11.9. The monoisotopic (exact) mass is 299 g/mol. The third kappa shape index (κ3) is 3.38. The molecular formula is C16H14FN3O2. The second kappa shape index (κ2) is 6.68. The van der Waals surface area contributed by atoms with E-state index < -0.39 is 11.8 Å². The zero-order valence-corrected chi connectivity index (χ0v) is 12.2. The highest BCUT2D eigenvalue weighted by Crippen LogP contribution is 2.21. The Morgan fingerprint density at radius 3 is 2.86 bits per heavy atom. The summed E-state index contributed by atoms with van der Waals surface area (Å²) in [5.41, 5.74) is 2.44. The van der Waals surface area contributed by atoms with Gasteiger partial charge in [-0.2, -0.15) is 5.26 Å². The molecule has 0 aliphatic carbocycles. The molecule has 0 aliphatic heterocycles. The minimum atomic E-state index is -0.710. The van der Waals surface area contributed by atoms with Crippen LogP contribution in [-0.4, -0.2) is 18.1 Å². The minimum absolute atomic E-state index is 0.0984. The van der Waals surface area contributed by atoms with E-state index in [0.717, 1.165) is 5.56 Å². The standard InChI is InChI=1S/C16H14FN3O2/c1-10-3-13(16(21)22-2)14(17)5-15(10)20-9-12-4-11(6-18)7-19-8-12/h3-5,7-8,20H,9H2,1-2H3. The van der Waals surface area contributed by atoms with E-state index >= 15 is 0 Å². The normalized spacial score (nSPS) is 9.91. The number of carbonyl (C=O) groups excluding carboxylic acids is 1. The molecule has 22 heavy (non-hydrogen) atoms. The number of aryl methyl sites for hydroxylation is 1. The van der Waals surface area contributed by atoms with Crippen LogP contribution >= 0.6 is 0 Å². The summed E-state index contributed by atoms with van der Waals surface area (Å²) in [6.07, 6.45) is 3.10. The van der Waals surface area contributed by atoms with Gasteiger partial charge in [-0.25, -0.2) is 9.18 Å². The van der Waals surface area contributed by atoms with Crippen LogP contribution in [0.3, 0.4) is 0 Å². The summed E-state index contributed by atoms with van der Waals surface area (Å²) in [7, 11) is 1.21. The molecule has 0 fully saturated rings. The topological polar surface area (TPSA) is 75.0 Å². The maximum absolute atomic E-state index is 13.9. The molecule has 5 nitrogen and oxygen atoms in total. The van der Waals surface area contributed by atoms with Crippen LogP contribution in [0.5, 0.6) is 0 Å². The molecule has 1 aromatic carbocycles. The lowest BCUT2D eigenvalue weighted by molar-refractivity contribution is 0.0595.